The van der Waals surface area contributed by atoms with Crippen LogP contribution in [0.15, 0.2) is 40.9 Å². The maximum Gasteiger partial charge on any atom is 0.271 e. The molecule has 2 aromatic carbocycles. The molecule has 0 unspecified atom stereocenters. The quantitative estimate of drug-likeness (QED) is 0.667. The molecule has 2 aromatic rings. The van der Waals surface area contributed by atoms with Crippen LogP contribution in [0.3, 0.4) is 0 Å². The number of benzene rings is 2. The molecule has 0 atom stereocenters. The standard InChI is InChI=1S/C13H9BrF2N2O2/c14-10-5-4-8(18(19)20)6-13(10)17-7-9-11(15)2-1-3-12(9)16/h1-6,17H,7H2. The maximum absolute atomic E-state index is 13.5. The van der Waals surface area contributed by atoms with E-state index in [-0.39, 0.29) is 17.8 Å². The van der Waals surface area contributed by atoms with Gasteiger partial charge in [0, 0.05) is 28.7 Å². The molecule has 0 radical (unpaired) electrons. The number of anilines is 1. The summed E-state index contributed by atoms with van der Waals surface area (Å²) in [6.45, 7) is -0.113. The number of hydrogen-bond acceptors (Lipinski definition) is 3. The molecule has 0 aliphatic heterocycles. The summed E-state index contributed by atoms with van der Waals surface area (Å²) < 4.78 is 27.5. The molecular formula is C13H9BrF2N2O2. The topological polar surface area (TPSA) is 55.2 Å². The molecule has 20 heavy (non-hydrogen) atoms. The van der Waals surface area contributed by atoms with Crippen molar-refractivity contribution in [2.75, 3.05) is 5.32 Å². The molecule has 0 fully saturated rings. The summed E-state index contributed by atoms with van der Waals surface area (Å²) in [6.07, 6.45) is 0. The van der Waals surface area contributed by atoms with Crippen molar-refractivity contribution in [1.82, 2.24) is 0 Å². The van der Waals surface area contributed by atoms with E-state index < -0.39 is 16.6 Å². The van der Waals surface area contributed by atoms with E-state index in [1.807, 2.05) is 0 Å². The van der Waals surface area contributed by atoms with Gasteiger partial charge >= 0.3 is 0 Å². The summed E-state index contributed by atoms with van der Waals surface area (Å²) >= 11 is 3.22. The summed E-state index contributed by atoms with van der Waals surface area (Å²) in [5.41, 5.74) is 0.164. The number of rotatable bonds is 4. The third-order valence-electron chi connectivity index (χ3n) is 2.68. The van der Waals surface area contributed by atoms with Gasteiger partial charge in [-0.05, 0) is 34.1 Å². The van der Waals surface area contributed by atoms with E-state index in [0.717, 1.165) is 12.1 Å². The molecule has 2 rings (SSSR count). The number of nitrogens with zero attached hydrogens (tertiary/aromatic N) is 1. The summed E-state index contributed by atoms with van der Waals surface area (Å²) in [6, 6.07) is 7.71. The Morgan fingerprint density at radius 1 is 1.20 bits per heavy atom. The highest BCUT2D eigenvalue weighted by Crippen LogP contribution is 2.28. The van der Waals surface area contributed by atoms with Gasteiger partial charge in [0.05, 0.1) is 10.6 Å². The Bertz CT molecular complexity index is 645. The molecule has 0 aliphatic rings. The van der Waals surface area contributed by atoms with Crippen molar-refractivity contribution in [3.05, 3.63) is 68.2 Å². The van der Waals surface area contributed by atoms with Gasteiger partial charge in [0.15, 0.2) is 0 Å². The number of nitrogens with one attached hydrogen (secondary N) is 1. The lowest BCUT2D eigenvalue weighted by Crippen LogP contribution is -2.05. The van der Waals surface area contributed by atoms with Crippen molar-refractivity contribution in [2.24, 2.45) is 0 Å². The van der Waals surface area contributed by atoms with E-state index >= 15 is 0 Å². The molecule has 0 bridgehead atoms. The lowest BCUT2D eigenvalue weighted by molar-refractivity contribution is -0.384. The monoisotopic (exact) mass is 342 g/mol. The van der Waals surface area contributed by atoms with Crippen molar-refractivity contribution in [1.29, 1.82) is 0 Å². The lowest BCUT2D eigenvalue weighted by Gasteiger charge is -2.10. The predicted octanol–water partition coefficient (Wildman–Crippen LogP) is 4.25. The zero-order valence-electron chi connectivity index (χ0n) is 10.1. The summed E-state index contributed by atoms with van der Waals surface area (Å²) in [5, 5.41) is 13.5. The van der Waals surface area contributed by atoms with Crippen LogP contribution in [0, 0.1) is 21.7 Å². The minimum Gasteiger partial charge on any atom is -0.380 e. The van der Waals surface area contributed by atoms with Gasteiger partial charge in [-0.25, -0.2) is 8.78 Å². The minimum absolute atomic E-state index is 0.107. The van der Waals surface area contributed by atoms with Crippen LogP contribution in [-0.2, 0) is 6.54 Å². The molecular weight excluding hydrogens is 334 g/mol. The molecule has 0 heterocycles. The van der Waals surface area contributed by atoms with Crippen LogP contribution in [0.5, 0.6) is 0 Å². The molecule has 0 saturated heterocycles. The van der Waals surface area contributed by atoms with E-state index in [4.69, 9.17) is 0 Å². The highest BCUT2D eigenvalue weighted by Gasteiger charge is 2.12. The van der Waals surface area contributed by atoms with Gasteiger partial charge < -0.3 is 5.32 Å². The van der Waals surface area contributed by atoms with Crippen LogP contribution in [0.1, 0.15) is 5.56 Å². The van der Waals surface area contributed by atoms with Crippen molar-refractivity contribution < 1.29 is 13.7 Å². The number of hydrogen-bond donors (Lipinski definition) is 1. The fourth-order valence-electron chi connectivity index (χ4n) is 1.65. The SMILES string of the molecule is O=[N+]([O-])c1ccc(Br)c(NCc2c(F)cccc2F)c1. The van der Waals surface area contributed by atoms with Crippen LogP contribution in [0.4, 0.5) is 20.2 Å². The molecule has 0 aromatic heterocycles. The zero-order valence-corrected chi connectivity index (χ0v) is 11.7. The van der Waals surface area contributed by atoms with Crippen LogP contribution >= 0.6 is 15.9 Å². The highest BCUT2D eigenvalue weighted by atomic mass is 79.9. The van der Waals surface area contributed by atoms with Gasteiger partial charge in [-0.1, -0.05) is 6.07 Å². The van der Waals surface area contributed by atoms with E-state index in [0.29, 0.717) is 10.2 Å². The smallest absolute Gasteiger partial charge is 0.271 e. The molecule has 1 N–H and O–H groups in total. The second-order valence-electron chi connectivity index (χ2n) is 3.98. The molecule has 0 saturated carbocycles. The van der Waals surface area contributed by atoms with E-state index in [9.17, 15) is 18.9 Å². The zero-order chi connectivity index (χ0) is 14.7. The van der Waals surface area contributed by atoms with Gasteiger partial charge in [-0.2, -0.15) is 0 Å². The van der Waals surface area contributed by atoms with Crippen molar-refractivity contribution in [2.45, 2.75) is 6.54 Å². The number of nitro groups is 1. The summed E-state index contributed by atoms with van der Waals surface area (Å²) in [5.74, 6) is -1.34. The summed E-state index contributed by atoms with van der Waals surface area (Å²) in [7, 11) is 0. The number of nitro benzene ring substituents is 1. The van der Waals surface area contributed by atoms with Crippen LogP contribution in [0.2, 0.25) is 0 Å². The average molecular weight is 343 g/mol. The molecule has 0 spiro atoms. The van der Waals surface area contributed by atoms with Crippen LogP contribution in [0.25, 0.3) is 0 Å². The maximum atomic E-state index is 13.5. The Labute approximate surface area is 121 Å². The van der Waals surface area contributed by atoms with Gasteiger partial charge in [-0.3, -0.25) is 10.1 Å². The highest BCUT2D eigenvalue weighted by molar-refractivity contribution is 9.10. The Kier molecular flexibility index (Phi) is 4.29. The van der Waals surface area contributed by atoms with Crippen LogP contribution < -0.4 is 5.32 Å². The van der Waals surface area contributed by atoms with Crippen molar-refractivity contribution >= 4 is 27.3 Å². The average Bonchev–Trinajstić information content (AvgIpc) is 2.39. The molecule has 4 nitrogen and oxygen atoms in total. The van der Waals surface area contributed by atoms with Crippen molar-refractivity contribution in [3.63, 3.8) is 0 Å². The first-order chi connectivity index (χ1) is 9.49. The molecule has 0 amide bonds. The summed E-state index contributed by atoms with van der Waals surface area (Å²) in [4.78, 5) is 10.1. The lowest BCUT2D eigenvalue weighted by atomic mass is 10.2. The third kappa shape index (κ3) is 3.11. The first kappa shape index (κ1) is 14.4. The van der Waals surface area contributed by atoms with Crippen LogP contribution in [-0.4, -0.2) is 4.92 Å². The molecule has 0 aliphatic carbocycles. The fourth-order valence-corrected chi connectivity index (χ4v) is 2.03. The van der Waals surface area contributed by atoms with E-state index in [2.05, 4.69) is 21.2 Å². The Morgan fingerprint density at radius 2 is 1.85 bits per heavy atom. The predicted molar refractivity (Wildman–Crippen MR) is 74.5 cm³/mol. The normalized spacial score (nSPS) is 10.3. The minimum atomic E-state index is -0.668. The first-order valence-electron chi connectivity index (χ1n) is 5.59. The van der Waals surface area contributed by atoms with Gasteiger partial charge in [0.2, 0.25) is 0 Å². The number of halogens is 3. The fraction of sp³-hybridized carbons (Fsp3) is 0.0769. The Morgan fingerprint density at radius 3 is 2.45 bits per heavy atom. The van der Waals surface area contributed by atoms with Crippen molar-refractivity contribution in [3.8, 4) is 0 Å². The Balaban J connectivity index is 2.23. The van der Waals surface area contributed by atoms with Gasteiger partial charge in [0.25, 0.3) is 5.69 Å². The second-order valence-corrected chi connectivity index (χ2v) is 4.83. The second kappa shape index (κ2) is 5.96. The largest absolute Gasteiger partial charge is 0.380 e. The molecule has 104 valence electrons. The van der Waals surface area contributed by atoms with Gasteiger partial charge in [0.1, 0.15) is 11.6 Å². The molecule has 7 heteroatoms. The Hall–Kier alpha value is -2.02. The van der Waals surface area contributed by atoms with Gasteiger partial charge in [-0.15, -0.1) is 0 Å². The third-order valence-corrected chi connectivity index (χ3v) is 3.37. The number of non-ortho nitro benzene ring substituents is 1. The first-order valence-corrected chi connectivity index (χ1v) is 6.39. The van der Waals surface area contributed by atoms with E-state index in [1.165, 1.54) is 24.3 Å². The van der Waals surface area contributed by atoms with E-state index in [1.54, 1.807) is 0 Å².